The Balaban J connectivity index is 1.73. The van der Waals surface area contributed by atoms with Crippen LogP contribution in [0.3, 0.4) is 0 Å². The number of nitrogens with zero attached hydrogens (tertiary/aromatic N) is 1. The zero-order valence-corrected chi connectivity index (χ0v) is 13.4. The van der Waals surface area contributed by atoms with Gasteiger partial charge in [-0.2, -0.15) is 0 Å². The number of benzene rings is 1. The molecule has 1 heterocycles. The average molecular weight is 321 g/mol. The molecule has 1 aliphatic carbocycles. The normalized spacial score (nSPS) is 16.5. The SMILES string of the molecule is Cc1cnc(SCC(=O)C2(c3ccc(Cl)cc3)CCC2)[nH]1. The third-order valence-electron chi connectivity index (χ3n) is 4.16. The molecule has 0 unspecified atom stereocenters. The lowest BCUT2D eigenvalue weighted by Crippen LogP contribution is -2.43. The summed E-state index contributed by atoms with van der Waals surface area (Å²) in [5, 5.41) is 1.52. The molecule has 0 atom stereocenters. The number of aryl methyl sites for hydroxylation is 1. The van der Waals surface area contributed by atoms with Crippen molar-refractivity contribution in [1.82, 2.24) is 9.97 Å². The molecule has 21 heavy (non-hydrogen) atoms. The molecule has 0 saturated heterocycles. The second kappa shape index (κ2) is 5.85. The number of hydrogen-bond donors (Lipinski definition) is 1. The number of ketones is 1. The molecule has 110 valence electrons. The fraction of sp³-hybridized carbons (Fsp3) is 0.375. The summed E-state index contributed by atoms with van der Waals surface area (Å²) in [6.07, 6.45) is 4.76. The Morgan fingerprint density at radius 3 is 2.62 bits per heavy atom. The molecule has 0 radical (unpaired) electrons. The number of aromatic amines is 1. The van der Waals surface area contributed by atoms with Crippen LogP contribution in [0, 0.1) is 6.92 Å². The fourth-order valence-electron chi connectivity index (χ4n) is 2.76. The Kier molecular flexibility index (Phi) is 4.09. The number of nitrogens with one attached hydrogen (secondary N) is 1. The summed E-state index contributed by atoms with van der Waals surface area (Å²) in [4.78, 5) is 20.1. The number of halogens is 1. The molecule has 1 aromatic heterocycles. The fourth-order valence-corrected chi connectivity index (χ4v) is 3.79. The Labute approximate surface area is 133 Å². The van der Waals surface area contributed by atoms with Crippen molar-refractivity contribution in [2.24, 2.45) is 0 Å². The molecule has 5 heteroatoms. The number of hydrogen-bond acceptors (Lipinski definition) is 3. The first-order chi connectivity index (χ1) is 10.1. The van der Waals surface area contributed by atoms with E-state index in [1.54, 1.807) is 6.20 Å². The number of aromatic nitrogens is 2. The van der Waals surface area contributed by atoms with Gasteiger partial charge in [0.15, 0.2) is 10.9 Å². The van der Waals surface area contributed by atoms with Gasteiger partial charge in [-0.15, -0.1) is 0 Å². The van der Waals surface area contributed by atoms with Crippen molar-refractivity contribution < 1.29 is 4.79 Å². The predicted molar refractivity (Wildman–Crippen MR) is 86.0 cm³/mol. The van der Waals surface area contributed by atoms with E-state index in [1.165, 1.54) is 11.8 Å². The second-order valence-electron chi connectivity index (χ2n) is 5.53. The Morgan fingerprint density at radius 1 is 1.38 bits per heavy atom. The zero-order chi connectivity index (χ0) is 14.9. The van der Waals surface area contributed by atoms with Crippen LogP contribution in [0.15, 0.2) is 35.6 Å². The highest BCUT2D eigenvalue weighted by Crippen LogP contribution is 2.45. The van der Waals surface area contributed by atoms with Gasteiger partial charge in [0.05, 0.1) is 11.2 Å². The molecule has 1 saturated carbocycles. The van der Waals surface area contributed by atoms with Crippen molar-refractivity contribution in [3.8, 4) is 0 Å². The molecular formula is C16H17ClN2OS. The molecule has 0 spiro atoms. The summed E-state index contributed by atoms with van der Waals surface area (Å²) in [6.45, 7) is 1.96. The van der Waals surface area contributed by atoms with Crippen molar-refractivity contribution >= 4 is 29.1 Å². The molecule has 3 rings (SSSR count). The van der Waals surface area contributed by atoms with Gasteiger partial charge in [-0.3, -0.25) is 4.79 Å². The topological polar surface area (TPSA) is 45.8 Å². The van der Waals surface area contributed by atoms with Crippen LogP contribution in [0.25, 0.3) is 0 Å². The lowest BCUT2D eigenvalue weighted by Gasteiger charge is -2.41. The van der Waals surface area contributed by atoms with Gasteiger partial charge in [0.2, 0.25) is 0 Å². The van der Waals surface area contributed by atoms with Crippen molar-refractivity contribution in [3.05, 3.63) is 46.7 Å². The van der Waals surface area contributed by atoms with Crippen molar-refractivity contribution in [2.45, 2.75) is 36.8 Å². The number of rotatable bonds is 5. The summed E-state index contributed by atoms with van der Waals surface area (Å²) in [7, 11) is 0. The lowest BCUT2D eigenvalue weighted by atomic mass is 9.62. The molecule has 0 bridgehead atoms. The number of carbonyl (C=O) groups excluding carboxylic acids is 1. The van der Waals surface area contributed by atoms with Crippen LogP contribution >= 0.6 is 23.4 Å². The van der Waals surface area contributed by atoms with Crippen LogP contribution in [0.2, 0.25) is 5.02 Å². The van der Waals surface area contributed by atoms with E-state index in [2.05, 4.69) is 9.97 Å². The van der Waals surface area contributed by atoms with Crippen LogP contribution in [-0.2, 0) is 10.2 Å². The first-order valence-electron chi connectivity index (χ1n) is 7.04. The van der Waals surface area contributed by atoms with Gasteiger partial charge in [-0.1, -0.05) is 41.9 Å². The number of carbonyl (C=O) groups is 1. The summed E-state index contributed by atoms with van der Waals surface area (Å²) >= 11 is 7.43. The predicted octanol–water partition coefficient (Wildman–Crippen LogP) is 4.15. The molecule has 0 aliphatic heterocycles. The lowest BCUT2D eigenvalue weighted by molar-refractivity contribution is -0.125. The maximum absolute atomic E-state index is 12.7. The third kappa shape index (κ3) is 2.87. The minimum atomic E-state index is -0.306. The molecule has 1 aliphatic rings. The van der Waals surface area contributed by atoms with Crippen LogP contribution in [-0.4, -0.2) is 21.5 Å². The molecular weight excluding hydrogens is 304 g/mol. The largest absolute Gasteiger partial charge is 0.337 e. The van der Waals surface area contributed by atoms with Crippen LogP contribution < -0.4 is 0 Å². The maximum Gasteiger partial charge on any atom is 0.165 e. The number of thioether (sulfide) groups is 1. The monoisotopic (exact) mass is 320 g/mol. The van der Waals surface area contributed by atoms with Crippen LogP contribution in [0.4, 0.5) is 0 Å². The number of H-pyrrole nitrogens is 1. The van der Waals surface area contributed by atoms with E-state index in [9.17, 15) is 4.79 Å². The smallest absolute Gasteiger partial charge is 0.165 e. The first kappa shape index (κ1) is 14.7. The van der Waals surface area contributed by atoms with E-state index in [0.29, 0.717) is 10.8 Å². The Morgan fingerprint density at radius 2 is 2.10 bits per heavy atom. The van der Waals surface area contributed by atoms with Crippen LogP contribution in [0.1, 0.15) is 30.5 Å². The van der Waals surface area contributed by atoms with Crippen LogP contribution in [0.5, 0.6) is 0 Å². The van der Waals surface area contributed by atoms with E-state index in [4.69, 9.17) is 11.6 Å². The minimum absolute atomic E-state index is 0.287. The molecule has 3 nitrogen and oxygen atoms in total. The van der Waals surface area contributed by atoms with E-state index in [0.717, 1.165) is 35.7 Å². The van der Waals surface area contributed by atoms with Gasteiger partial charge < -0.3 is 4.98 Å². The number of Topliss-reactive ketones (excluding diaryl/α,β-unsaturated/α-hetero) is 1. The van der Waals surface area contributed by atoms with E-state index < -0.39 is 0 Å². The Hall–Kier alpha value is -1.26. The average Bonchev–Trinajstić information content (AvgIpc) is 2.83. The third-order valence-corrected chi connectivity index (χ3v) is 5.30. The van der Waals surface area contributed by atoms with Gasteiger partial charge in [-0.05, 0) is 37.5 Å². The molecule has 1 fully saturated rings. The highest BCUT2D eigenvalue weighted by molar-refractivity contribution is 7.99. The summed E-state index contributed by atoms with van der Waals surface area (Å²) in [6, 6.07) is 7.71. The highest BCUT2D eigenvalue weighted by Gasteiger charge is 2.44. The summed E-state index contributed by atoms with van der Waals surface area (Å²) < 4.78 is 0. The van der Waals surface area contributed by atoms with Gasteiger partial charge in [0, 0.05) is 16.9 Å². The first-order valence-corrected chi connectivity index (χ1v) is 8.40. The molecule has 2 aromatic rings. The van der Waals surface area contributed by atoms with Crippen molar-refractivity contribution in [2.75, 3.05) is 5.75 Å². The van der Waals surface area contributed by atoms with Crippen molar-refractivity contribution in [1.29, 1.82) is 0 Å². The Bertz CT molecular complexity index is 647. The van der Waals surface area contributed by atoms with E-state index >= 15 is 0 Å². The van der Waals surface area contributed by atoms with E-state index in [1.807, 2.05) is 31.2 Å². The van der Waals surface area contributed by atoms with Gasteiger partial charge in [-0.25, -0.2) is 4.98 Å². The summed E-state index contributed by atoms with van der Waals surface area (Å²) in [5.41, 5.74) is 1.81. The summed E-state index contributed by atoms with van der Waals surface area (Å²) in [5.74, 6) is 0.741. The molecule has 1 N–H and O–H groups in total. The minimum Gasteiger partial charge on any atom is -0.337 e. The molecule has 0 amide bonds. The zero-order valence-electron chi connectivity index (χ0n) is 11.9. The number of imidazole rings is 1. The maximum atomic E-state index is 12.7. The van der Waals surface area contributed by atoms with Gasteiger partial charge in [0.1, 0.15) is 0 Å². The molecule has 1 aromatic carbocycles. The highest BCUT2D eigenvalue weighted by atomic mass is 35.5. The van der Waals surface area contributed by atoms with Gasteiger partial charge in [0.25, 0.3) is 0 Å². The van der Waals surface area contributed by atoms with Crippen molar-refractivity contribution in [3.63, 3.8) is 0 Å². The second-order valence-corrected chi connectivity index (χ2v) is 6.93. The quantitative estimate of drug-likeness (QED) is 0.842. The van der Waals surface area contributed by atoms with Gasteiger partial charge >= 0.3 is 0 Å². The standard InChI is InChI=1S/C16H17ClN2OS/c1-11-9-18-15(19-11)21-10-14(20)16(7-2-8-16)12-3-5-13(17)6-4-12/h3-6,9H,2,7-8,10H2,1H3,(H,18,19). The van der Waals surface area contributed by atoms with E-state index in [-0.39, 0.29) is 11.2 Å².